The zero-order chi connectivity index (χ0) is 19.3. The van der Waals surface area contributed by atoms with E-state index in [1.165, 1.54) is 12.1 Å². The number of hydrogen-bond donors (Lipinski definition) is 2. The van der Waals surface area contributed by atoms with E-state index >= 15 is 0 Å². The maximum Gasteiger partial charge on any atom is 0.270 e. The smallest absolute Gasteiger partial charge is 0.270 e. The fourth-order valence-corrected chi connectivity index (χ4v) is 4.02. The van der Waals surface area contributed by atoms with Gasteiger partial charge in [0.2, 0.25) is 0 Å². The van der Waals surface area contributed by atoms with Gasteiger partial charge in [-0.3, -0.25) is 14.9 Å². The van der Waals surface area contributed by atoms with Gasteiger partial charge >= 0.3 is 0 Å². The van der Waals surface area contributed by atoms with E-state index in [9.17, 15) is 14.9 Å². The van der Waals surface area contributed by atoms with Crippen LogP contribution in [0.15, 0.2) is 79.0 Å². The van der Waals surface area contributed by atoms with E-state index in [0.717, 1.165) is 16.8 Å². The Bertz CT molecular complexity index is 1250. The largest absolute Gasteiger partial charge is 0.365 e. The van der Waals surface area contributed by atoms with E-state index in [2.05, 4.69) is 10.3 Å². The molecule has 3 aromatic carbocycles. The number of carbonyl (C=O) groups is 1. The summed E-state index contributed by atoms with van der Waals surface area (Å²) < 4.78 is 0. The molecule has 28 heavy (non-hydrogen) atoms. The second-order valence-corrected chi connectivity index (χ2v) is 6.81. The van der Waals surface area contributed by atoms with Crippen LogP contribution in [0.1, 0.15) is 21.5 Å². The van der Waals surface area contributed by atoms with Gasteiger partial charge in [-0.05, 0) is 23.8 Å². The predicted molar refractivity (Wildman–Crippen MR) is 107 cm³/mol. The molecule has 0 radical (unpaired) electrons. The number of aromatic nitrogens is 1. The van der Waals surface area contributed by atoms with Gasteiger partial charge in [0, 0.05) is 46.0 Å². The van der Waals surface area contributed by atoms with E-state index in [-0.39, 0.29) is 11.5 Å². The molecule has 136 valence electrons. The molecule has 0 aliphatic carbocycles. The molecule has 2 N–H and O–H groups in total. The highest BCUT2D eigenvalue weighted by atomic mass is 16.6. The van der Waals surface area contributed by atoms with Crippen LogP contribution in [0.2, 0.25) is 0 Å². The lowest BCUT2D eigenvalue weighted by atomic mass is 9.79. The second kappa shape index (κ2) is 5.79. The molecular formula is C22H15N3O3. The number of rotatable bonds is 3. The van der Waals surface area contributed by atoms with Crippen LogP contribution in [0.25, 0.3) is 10.9 Å². The Morgan fingerprint density at radius 3 is 2.43 bits per heavy atom. The number of carbonyl (C=O) groups excluding carboxylic acids is 1. The maximum absolute atomic E-state index is 13.7. The van der Waals surface area contributed by atoms with Gasteiger partial charge in [-0.2, -0.15) is 0 Å². The summed E-state index contributed by atoms with van der Waals surface area (Å²) in [5.74, 6) is -0.0818. The summed E-state index contributed by atoms with van der Waals surface area (Å²) in [5.41, 5.74) is 2.36. The van der Waals surface area contributed by atoms with E-state index in [4.69, 9.17) is 0 Å². The first-order valence-corrected chi connectivity index (χ1v) is 8.85. The minimum absolute atomic E-state index is 0.0143. The first kappa shape index (κ1) is 16.3. The van der Waals surface area contributed by atoms with E-state index in [1.54, 1.807) is 18.3 Å². The number of fused-ring (bicyclic) bond motifs is 2. The fourth-order valence-electron chi connectivity index (χ4n) is 4.02. The van der Waals surface area contributed by atoms with Crippen molar-refractivity contribution < 1.29 is 9.72 Å². The van der Waals surface area contributed by atoms with Gasteiger partial charge in [0.1, 0.15) is 0 Å². The third kappa shape index (κ3) is 2.11. The maximum atomic E-state index is 13.7. The Morgan fingerprint density at radius 1 is 0.929 bits per heavy atom. The van der Waals surface area contributed by atoms with Crippen molar-refractivity contribution in [3.8, 4) is 0 Å². The molecule has 1 aliphatic rings. The number of Topliss-reactive ketones (excluding diaryl/α,β-unsaturated/α-hetero) is 1. The third-order valence-corrected chi connectivity index (χ3v) is 5.32. The molecule has 0 spiro atoms. The average molecular weight is 369 g/mol. The molecule has 0 fully saturated rings. The average Bonchev–Trinajstić information content (AvgIpc) is 3.28. The molecule has 6 nitrogen and oxygen atoms in total. The molecule has 0 amide bonds. The number of anilines is 1. The van der Waals surface area contributed by atoms with Gasteiger partial charge < -0.3 is 10.3 Å². The summed E-state index contributed by atoms with van der Waals surface area (Å²) >= 11 is 0. The van der Waals surface area contributed by atoms with Crippen molar-refractivity contribution in [1.29, 1.82) is 0 Å². The van der Waals surface area contributed by atoms with Gasteiger partial charge in [-0.25, -0.2) is 0 Å². The zero-order valence-corrected chi connectivity index (χ0v) is 14.7. The van der Waals surface area contributed by atoms with Crippen molar-refractivity contribution in [3.63, 3.8) is 0 Å². The second-order valence-electron chi connectivity index (χ2n) is 6.81. The highest BCUT2D eigenvalue weighted by molar-refractivity contribution is 6.17. The number of hydrogen-bond acceptors (Lipinski definition) is 4. The van der Waals surface area contributed by atoms with Crippen molar-refractivity contribution >= 4 is 28.1 Å². The number of benzene rings is 3. The highest BCUT2D eigenvalue weighted by Gasteiger charge is 2.49. The number of para-hydroxylation sites is 1. The number of nitro groups is 1. The zero-order valence-electron chi connectivity index (χ0n) is 14.7. The number of H-pyrrole nitrogens is 1. The van der Waals surface area contributed by atoms with Crippen LogP contribution in [0.5, 0.6) is 0 Å². The van der Waals surface area contributed by atoms with Gasteiger partial charge in [-0.15, -0.1) is 0 Å². The van der Waals surface area contributed by atoms with Crippen molar-refractivity contribution in [2.24, 2.45) is 0 Å². The molecule has 1 unspecified atom stereocenters. The lowest BCUT2D eigenvalue weighted by molar-refractivity contribution is -0.384. The van der Waals surface area contributed by atoms with E-state index in [0.29, 0.717) is 16.5 Å². The monoisotopic (exact) mass is 369 g/mol. The first-order valence-electron chi connectivity index (χ1n) is 8.85. The predicted octanol–water partition coefficient (Wildman–Crippen LogP) is 4.63. The van der Waals surface area contributed by atoms with Crippen LogP contribution in [0.3, 0.4) is 0 Å². The Kier molecular flexibility index (Phi) is 3.36. The Labute approximate surface area is 160 Å². The van der Waals surface area contributed by atoms with Crippen LogP contribution in [0, 0.1) is 10.1 Å². The van der Waals surface area contributed by atoms with Crippen molar-refractivity contribution in [2.75, 3.05) is 5.32 Å². The molecule has 1 aliphatic heterocycles. The summed E-state index contributed by atoms with van der Waals surface area (Å²) in [6.45, 7) is 0. The summed E-state index contributed by atoms with van der Waals surface area (Å²) in [6.07, 6.45) is 1.76. The quantitative estimate of drug-likeness (QED) is 0.407. The molecule has 0 bridgehead atoms. The Balaban J connectivity index is 1.83. The number of nitrogens with zero attached hydrogens (tertiary/aromatic N) is 1. The number of ketones is 1. The summed E-state index contributed by atoms with van der Waals surface area (Å²) in [4.78, 5) is 27.7. The van der Waals surface area contributed by atoms with Gasteiger partial charge in [-0.1, -0.05) is 42.5 Å². The SMILES string of the molecule is O=C1c2ccccc2NC1(c1ccccc1)c1c[nH]c2ccc([N+](=O)[O-])cc12. The van der Waals surface area contributed by atoms with Crippen molar-refractivity contribution in [1.82, 2.24) is 4.98 Å². The van der Waals surface area contributed by atoms with Crippen molar-refractivity contribution in [3.05, 3.63) is 106 Å². The molecule has 4 aromatic rings. The molecular weight excluding hydrogens is 354 g/mol. The van der Waals surface area contributed by atoms with Crippen molar-refractivity contribution in [2.45, 2.75) is 5.54 Å². The standard InChI is InChI=1S/C22H15N3O3/c26-21-16-8-4-5-9-20(16)24-22(21,14-6-2-1-3-7-14)18-13-23-19-11-10-15(25(27)28)12-17(18)19/h1-13,23-24H. The molecule has 5 rings (SSSR count). The summed E-state index contributed by atoms with van der Waals surface area (Å²) in [5, 5.41) is 15.4. The van der Waals surface area contributed by atoms with Crippen LogP contribution in [-0.2, 0) is 5.54 Å². The minimum atomic E-state index is -1.15. The molecule has 1 aromatic heterocycles. The summed E-state index contributed by atoms with van der Waals surface area (Å²) in [6, 6.07) is 21.5. The van der Waals surface area contributed by atoms with Gasteiger partial charge in [0.25, 0.3) is 5.69 Å². The molecule has 6 heteroatoms. The number of aromatic amines is 1. The van der Waals surface area contributed by atoms with Crippen LogP contribution in [0.4, 0.5) is 11.4 Å². The van der Waals surface area contributed by atoms with Crippen LogP contribution < -0.4 is 5.32 Å². The summed E-state index contributed by atoms with van der Waals surface area (Å²) in [7, 11) is 0. The number of nitro benzene ring substituents is 1. The topological polar surface area (TPSA) is 88.0 Å². The van der Waals surface area contributed by atoms with Crippen LogP contribution in [-0.4, -0.2) is 15.7 Å². The normalized spacial score (nSPS) is 18.1. The van der Waals surface area contributed by atoms with E-state index in [1.807, 2.05) is 48.5 Å². The molecule has 2 heterocycles. The molecule has 1 atom stereocenters. The van der Waals surface area contributed by atoms with E-state index < -0.39 is 10.5 Å². The molecule has 0 saturated carbocycles. The Morgan fingerprint density at radius 2 is 1.68 bits per heavy atom. The Hall–Kier alpha value is -3.93. The lowest BCUT2D eigenvalue weighted by Gasteiger charge is -2.29. The first-order chi connectivity index (χ1) is 13.6. The number of non-ortho nitro benzene ring substituents is 1. The number of nitrogens with one attached hydrogen (secondary N) is 2. The van der Waals surface area contributed by atoms with Gasteiger partial charge in [0.05, 0.1) is 4.92 Å². The molecule has 0 saturated heterocycles. The lowest BCUT2D eigenvalue weighted by Crippen LogP contribution is -2.39. The third-order valence-electron chi connectivity index (χ3n) is 5.32. The van der Waals surface area contributed by atoms with Crippen LogP contribution >= 0.6 is 0 Å². The fraction of sp³-hybridized carbons (Fsp3) is 0.0455. The van der Waals surface area contributed by atoms with Gasteiger partial charge in [0.15, 0.2) is 11.3 Å². The highest BCUT2D eigenvalue weighted by Crippen LogP contribution is 2.46. The minimum Gasteiger partial charge on any atom is -0.365 e.